The van der Waals surface area contributed by atoms with Crippen LogP contribution in [0, 0.1) is 10.1 Å². The highest BCUT2D eigenvalue weighted by Gasteiger charge is 2.10. The average molecular weight is 332 g/mol. The summed E-state index contributed by atoms with van der Waals surface area (Å²) in [7, 11) is 0. The van der Waals surface area contributed by atoms with Gasteiger partial charge in [0, 0.05) is 28.9 Å². The number of non-ortho nitro benzene ring substituents is 1. The predicted molar refractivity (Wildman–Crippen MR) is 99.7 cm³/mol. The topological polar surface area (TPSA) is 93.5 Å². The molecule has 0 heterocycles. The molecule has 0 aliphatic rings. The van der Waals surface area contributed by atoms with Crippen molar-refractivity contribution in [1.29, 1.82) is 0 Å². The highest BCUT2D eigenvalue weighted by Crippen LogP contribution is 2.19. The number of para-hydroxylation sites is 1. The van der Waals surface area contributed by atoms with Crippen LogP contribution >= 0.6 is 0 Å². The lowest BCUT2D eigenvalue weighted by atomic mass is 10.0. The minimum atomic E-state index is -0.437. The van der Waals surface area contributed by atoms with Gasteiger partial charge in [-0.25, -0.2) is 0 Å². The summed E-state index contributed by atoms with van der Waals surface area (Å²) in [5.74, 6) is 0. The van der Waals surface area contributed by atoms with Gasteiger partial charge in [0.05, 0.1) is 16.3 Å². The van der Waals surface area contributed by atoms with Gasteiger partial charge in [0.1, 0.15) is 0 Å². The standard InChI is InChI=1S/C19H16N4O2/c20-18-9-5-4-8-17(18)19(14-6-2-1-3-7-14)22-21-15-10-12-16(13-11-15)23(24)25/h1-13,21H,20H2. The summed E-state index contributed by atoms with van der Waals surface area (Å²) in [5, 5.41) is 15.2. The quantitative estimate of drug-likeness (QED) is 0.319. The molecule has 3 rings (SSSR count). The monoisotopic (exact) mass is 332 g/mol. The van der Waals surface area contributed by atoms with E-state index in [1.54, 1.807) is 12.1 Å². The first-order valence-electron chi connectivity index (χ1n) is 7.63. The lowest BCUT2D eigenvalue weighted by Gasteiger charge is -2.10. The van der Waals surface area contributed by atoms with Crippen molar-refractivity contribution in [2.24, 2.45) is 5.10 Å². The molecule has 124 valence electrons. The molecule has 0 atom stereocenters. The van der Waals surface area contributed by atoms with Crippen LogP contribution in [-0.2, 0) is 0 Å². The molecule has 3 aromatic rings. The van der Waals surface area contributed by atoms with Crippen molar-refractivity contribution in [2.45, 2.75) is 0 Å². The minimum Gasteiger partial charge on any atom is -0.398 e. The van der Waals surface area contributed by atoms with Gasteiger partial charge in [-0.1, -0.05) is 48.5 Å². The average Bonchev–Trinajstić information content (AvgIpc) is 2.64. The SMILES string of the molecule is Nc1ccccc1C(=NNc1ccc([N+](=O)[O-])cc1)c1ccccc1. The fourth-order valence-corrected chi connectivity index (χ4v) is 2.37. The molecule has 0 fully saturated rings. The second-order valence-corrected chi connectivity index (χ2v) is 5.33. The van der Waals surface area contributed by atoms with Crippen molar-refractivity contribution in [1.82, 2.24) is 0 Å². The van der Waals surface area contributed by atoms with Gasteiger partial charge in [-0.3, -0.25) is 15.5 Å². The Labute approximate surface area is 144 Å². The third-order valence-electron chi connectivity index (χ3n) is 3.64. The van der Waals surface area contributed by atoms with Gasteiger partial charge in [-0.05, 0) is 18.2 Å². The van der Waals surface area contributed by atoms with Crippen molar-refractivity contribution in [3.05, 3.63) is 100 Å². The van der Waals surface area contributed by atoms with Crippen LogP contribution in [0.4, 0.5) is 17.1 Å². The van der Waals surface area contributed by atoms with Crippen LogP contribution < -0.4 is 11.2 Å². The van der Waals surface area contributed by atoms with E-state index in [4.69, 9.17) is 5.73 Å². The molecule has 6 nitrogen and oxygen atoms in total. The molecule has 0 aliphatic heterocycles. The van der Waals surface area contributed by atoms with Crippen LogP contribution in [0.2, 0.25) is 0 Å². The molecule has 0 aliphatic carbocycles. The first-order chi connectivity index (χ1) is 12.1. The normalized spacial score (nSPS) is 11.1. The zero-order valence-corrected chi connectivity index (χ0v) is 13.3. The Morgan fingerprint density at radius 2 is 1.56 bits per heavy atom. The van der Waals surface area contributed by atoms with Crippen LogP contribution in [0.1, 0.15) is 11.1 Å². The molecular formula is C19H16N4O2. The number of nitro groups is 1. The molecule has 25 heavy (non-hydrogen) atoms. The first kappa shape index (κ1) is 16.2. The molecule has 0 saturated heterocycles. The van der Waals surface area contributed by atoms with E-state index in [2.05, 4.69) is 10.5 Å². The molecule has 0 bridgehead atoms. The Morgan fingerprint density at radius 3 is 2.20 bits per heavy atom. The van der Waals surface area contributed by atoms with Gasteiger partial charge < -0.3 is 5.73 Å². The highest BCUT2D eigenvalue weighted by atomic mass is 16.6. The van der Waals surface area contributed by atoms with E-state index >= 15 is 0 Å². The highest BCUT2D eigenvalue weighted by molar-refractivity contribution is 6.15. The summed E-state index contributed by atoms with van der Waals surface area (Å²) < 4.78 is 0. The van der Waals surface area contributed by atoms with E-state index in [9.17, 15) is 10.1 Å². The van der Waals surface area contributed by atoms with Gasteiger partial charge in [0.2, 0.25) is 0 Å². The summed E-state index contributed by atoms with van der Waals surface area (Å²) in [5.41, 5.74) is 12.8. The molecule has 0 saturated carbocycles. The maximum Gasteiger partial charge on any atom is 0.269 e. The summed E-state index contributed by atoms with van der Waals surface area (Å²) in [6.45, 7) is 0. The van der Waals surface area contributed by atoms with Crippen LogP contribution in [-0.4, -0.2) is 10.6 Å². The number of nitrogens with zero attached hydrogens (tertiary/aromatic N) is 2. The molecule has 0 unspecified atom stereocenters. The van der Waals surface area contributed by atoms with E-state index in [0.29, 0.717) is 17.1 Å². The number of nitro benzene ring substituents is 1. The molecule has 6 heteroatoms. The summed E-state index contributed by atoms with van der Waals surface area (Å²) in [6.07, 6.45) is 0. The first-order valence-corrected chi connectivity index (χ1v) is 7.63. The Bertz CT molecular complexity index is 906. The number of nitrogens with two attached hydrogens (primary N) is 1. The number of hydrazone groups is 1. The van der Waals surface area contributed by atoms with Crippen LogP contribution in [0.15, 0.2) is 84.0 Å². The zero-order valence-electron chi connectivity index (χ0n) is 13.3. The molecule has 3 aromatic carbocycles. The second kappa shape index (κ2) is 7.27. The van der Waals surface area contributed by atoms with Crippen LogP contribution in [0.25, 0.3) is 0 Å². The van der Waals surface area contributed by atoms with E-state index in [0.717, 1.165) is 11.1 Å². The van der Waals surface area contributed by atoms with E-state index in [1.807, 2.05) is 54.6 Å². The number of nitrogen functional groups attached to an aromatic ring is 1. The largest absolute Gasteiger partial charge is 0.398 e. The van der Waals surface area contributed by atoms with Gasteiger partial charge >= 0.3 is 0 Å². The van der Waals surface area contributed by atoms with Gasteiger partial charge in [-0.2, -0.15) is 5.10 Å². The Kier molecular flexibility index (Phi) is 4.71. The molecule has 0 radical (unpaired) electrons. The summed E-state index contributed by atoms with van der Waals surface area (Å²) in [4.78, 5) is 10.3. The lowest BCUT2D eigenvalue weighted by molar-refractivity contribution is -0.384. The molecule has 0 amide bonds. The van der Waals surface area contributed by atoms with Crippen molar-refractivity contribution in [3.8, 4) is 0 Å². The van der Waals surface area contributed by atoms with Gasteiger partial charge in [-0.15, -0.1) is 0 Å². The van der Waals surface area contributed by atoms with Gasteiger partial charge in [0.25, 0.3) is 5.69 Å². The van der Waals surface area contributed by atoms with E-state index < -0.39 is 4.92 Å². The number of nitrogens with one attached hydrogen (secondary N) is 1. The van der Waals surface area contributed by atoms with Gasteiger partial charge in [0.15, 0.2) is 0 Å². The zero-order chi connectivity index (χ0) is 17.6. The smallest absolute Gasteiger partial charge is 0.269 e. The number of hydrogen-bond donors (Lipinski definition) is 2. The fourth-order valence-electron chi connectivity index (χ4n) is 2.37. The Hall–Kier alpha value is -3.67. The Balaban J connectivity index is 1.96. The number of anilines is 2. The molecular weight excluding hydrogens is 316 g/mol. The van der Waals surface area contributed by atoms with Crippen molar-refractivity contribution in [3.63, 3.8) is 0 Å². The van der Waals surface area contributed by atoms with Crippen molar-refractivity contribution < 1.29 is 4.92 Å². The molecule has 3 N–H and O–H groups in total. The third-order valence-corrected chi connectivity index (χ3v) is 3.64. The van der Waals surface area contributed by atoms with Crippen molar-refractivity contribution >= 4 is 22.8 Å². The number of hydrogen-bond acceptors (Lipinski definition) is 5. The molecule has 0 aromatic heterocycles. The van der Waals surface area contributed by atoms with E-state index in [-0.39, 0.29) is 5.69 Å². The third kappa shape index (κ3) is 3.81. The minimum absolute atomic E-state index is 0.0325. The fraction of sp³-hybridized carbons (Fsp3) is 0. The van der Waals surface area contributed by atoms with Crippen molar-refractivity contribution in [2.75, 3.05) is 11.2 Å². The number of rotatable bonds is 5. The summed E-state index contributed by atoms with van der Waals surface area (Å²) >= 11 is 0. The predicted octanol–water partition coefficient (Wildman–Crippen LogP) is 4.04. The van der Waals surface area contributed by atoms with E-state index in [1.165, 1.54) is 12.1 Å². The number of benzene rings is 3. The Morgan fingerprint density at radius 1 is 0.920 bits per heavy atom. The summed E-state index contributed by atoms with van der Waals surface area (Å²) in [6, 6.07) is 23.2. The van der Waals surface area contributed by atoms with Crippen LogP contribution in [0.5, 0.6) is 0 Å². The maximum absolute atomic E-state index is 10.7. The maximum atomic E-state index is 10.7. The lowest BCUT2D eigenvalue weighted by Crippen LogP contribution is -2.09. The second-order valence-electron chi connectivity index (χ2n) is 5.33. The van der Waals surface area contributed by atoms with Crippen LogP contribution in [0.3, 0.4) is 0 Å². The molecule has 0 spiro atoms.